The van der Waals surface area contributed by atoms with Crippen LogP contribution in [0.2, 0.25) is 0 Å². The molecule has 3 rings (SSSR count). The average Bonchev–Trinajstić information content (AvgIpc) is 2.46. The molecule has 2 heterocycles. The molecule has 1 aromatic heterocycles. The summed E-state index contributed by atoms with van der Waals surface area (Å²) >= 11 is 0. The molecule has 0 saturated heterocycles. The van der Waals surface area contributed by atoms with Crippen molar-refractivity contribution in [3.05, 3.63) is 29.3 Å². The Kier molecular flexibility index (Phi) is 3.60. The van der Waals surface area contributed by atoms with Gasteiger partial charge in [0.25, 0.3) is 0 Å². The molecule has 0 amide bonds. The molecular weight excluding hydrogens is 266 g/mol. The molecule has 6 nitrogen and oxygen atoms in total. The van der Waals surface area contributed by atoms with E-state index in [1.54, 1.807) is 0 Å². The number of nitrogens with zero attached hydrogens (tertiary/aromatic N) is 4. The molecule has 0 fully saturated rings. The van der Waals surface area contributed by atoms with Crippen LogP contribution in [0, 0.1) is 6.92 Å². The number of hydrogen-bond donors (Lipinski definition) is 1. The molecule has 1 aliphatic heterocycles. The first-order valence-corrected chi connectivity index (χ1v) is 7.19. The Bertz CT molecular complexity index is 659. The second-order valence-corrected chi connectivity index (χ2v) is 5.10. The summed E-state index contributed by atoms with van der Waals surface area (Å²) in [6.07, 6.45) is 2.14. The molecule has 2 aromatic rings. The van der Waals surface area contributed by atoms with Crippen LogP contribution in [0.15, 0.2) is 18.2 Å². The first-order chi connectivity index (χ1) is 10.2. The molecule has 0 spiro atoms. The van der Waals surface area contributed by atoms with Gasteiger partial charge in [0.05, 0.1) is 6.61 Å². The molecule has 2 N–H and O–H groups in total. The summed E-state index contributed by atoms with van der Waals surface area (Å²) in [4.78, 5) is 14.7. The fraction of sp³-hybridized carbons (Fsp3) is 0.400. The highest BCUT2D eigenvalue weighted by Crippen LogP contribution is 2.32. The maximum Gasteiger partial charge on any atom is 0.323 e. The van der Waals surface area contributed by atoms with Crippen LogP contribution >= 0.6 is 0 Å². The maximum absolute atomic E-state index is 5.77. The topological polar surface area (TPSA) is 77.2 Å². The Morgan fingerprint density at radius 2 is 2.14 bits per heavy atom. The molecule has 110 valence electrons. The first kappa shape index (κ1) is 13.6. The summed E-state index contributed by atoms with van der Waals surface area (Å²) in [5, 5.41) is 0. The second-order valence-electron chi connectivity index (χ2n) is 5.10. The van der Waals surface area contributed by atoms with Gasteiger partial charge in [-0.25, -0.2) is 0 Å². The van der Waals surface area contributed by atoms with Crippen molar-refractivity contribution in [1.82, 2.24) is 15.0 Å². The Labute approximate surface area is 124 Å². The highest BCUT2D eigenvalue weighted by atomic mass is 16.5. The van der Waals surface area contributed by atoms with E-state index >= 15 is 0 Å². The number of nitrogens with two attached hydrogens (primary N) is 1. The van der Waals surface area contributed by atoms with Gasteiger partial charge >= 0.3 is 6.01 Å². The third-order valence-corrected chi connectivity index (χ3v) is 3.49. The van der Waals surface area contributed by atoms with Crippen molar-refractivity contribution in [2.75, 3.05) is 23.8 Å². The number of fused-ring (bicyclic) bond motifs is 1. The smallest absolute Gasteiger partial charge is 0.323 e. The molecular formula is C15H19N5O. The standard InChI is InChI=1S/C15H19N5O/c1-3-21-15-18-13(16)17-14(19-15)20-8-4-5-11-9-10(2)6-7-12(11)20/h6-7,9H,3-5,8H2,1-2H3,(H2,16,17,18,19). The molecule has 1 aliphatic rings. The molecule has 6 heteroatoms. The van der Waals surface area contributed by atoms with Crippen LogP contribution < -0.4 is 15.4 Å². The SMILES string of the molecule is CCOc1nc(N)nc(N2CCCc3cc(C)ccc32)n1. The van der Waals surface area contributed by atoms with Crippen LogP contribution in [-0.4, -0.2) is 28.1 Å². The minimum atomic E-state index is 0.183. The molecule has 21 heavy (non-hydrogen) atoms. The van der Waals surface area contributed by atoms with Gasteiger partial charge in [-0.3, -0.25) is 0 Å². The molecule has 0 saturated carbocycles. The first-order valence-electron chi connectivity index (χ1n) is 7.19. The van der Waals surface area contributed by atoms with E-state index in [-0.39, 0.29) is 12.0 Å². The minimum Gasteiger partial charge on any atom is -0.464 e. The largest absolute Gasteiger partial charge is 0.464 e. The predicted molar refractivity (Wildman–Crippen MR) is 81.9 cm³/mol. The Balaban J connectivity index is 2.02. The van der Waals surface area contributed by atoms with Gasteiger partial charge < -0.3 is 15.4 Å². The monoisotopic (exact) mass is 285 g/mol. The number of rotatable bonds is 3. The van der Waals surface area contributed by atoms with Crippen molar-refractivity contribution >= 4 is 17.6 Å². The van der Waals surface area contributed by atoms with Gasteiger partial charge in [0.15, 0.2) is 0 Å². The highest BCUT2D eigenvalue weighted by molar-refractivity contribution is 5.64. The average molecular weight is 285 g/mol. The van der Waals surface area contributed by atoms with E-state index in [1.807, 2.05) is 6.92 Å². The lowest BCUT2D eigenvalue weighted by atomic mass is 10.00. The summed E-state index contributed by atoms with van der Waals surface area (Å²) < 4.78 is 5.36. The third-order valence-electron chi connectivity index (χ3n) is 3.49. The number of benzene rings is 1. The van der Waals surface area contributed by atoms with E-state index in [0.29, 0.717) is 12.6 Å². The summed E-state index contributed by atoms with van der Waals surface area (Å²) in [6.45, 7) is 5.36. The van der Waals surface area contributed by atoms with Crippen LogP contribution in [0.1, 0.15) is 24.5 Å². The lowest BCUT2D eigenvalue weighted by Crippen LogP contribution is -2.27. The lowest BCUT2D eigenvalue weighted by molar-refractivity contribution is 0.312. The summed E-state index contributed by atoms with van der Waals surface area (Å²) in [5.41, 5.74) is 9.49. The van der Waals surface area contributed by atoms with E-state index in [9.17, 15) is 0 Å². The zero-order valence-corrected chi connectivity index (χ0v) is 12.3. The number of aromatic nitrogens is 3. The Morgan fingerprint density at radius 3 is 2.95 bits per heavy atom. The maximum atomic E-state index is 5.77. The van der Waals surface area contributed by atoms with Gasteiger partial charge in [-0.1, -0.05) is 17.7 Å². The van der Waals surface area contributed by atoms with Crippen molar-refractivity contribution in [2.24, 2.45) is 0 Å². The molecule has 1 aromatic carbocycles. The van der Waals surface area contributed by atoms with Crippen molar-refractivity contribution in [1.29, 1.82) is 0 Å². The molecule has 0 unspecified atom stereocenters. The van der Waals surface area contributed by atoms with E-state index in [2.05, 4.69) is 45.0 Å². The number of aryl methyl sites for hydroxylation is 2. The van der Waals surface area contributed by atoms with Gasteiger partial charge in [-0.15, -0.1) is 0 Å². The molecule has 0 atom stereocenters. The minimum absolute atomic E-state index is 0.183. The summed E-state index contributed by atoms with van der Waals surface area (Å²) in [5.74, 6) is 0.735. The third kappa shape index (κ3) is 2.74. The van der Waals surface area contributed by atoms with E-state index in [1.165, 1.54) is 11.1 Å². The summed E-state index contributed by atoms with van der Waals surface area (Å²) in [6, 6.07) is 6.71. The van der Waals surface area contributed by atoms with Crippen molar-refractivity contribution in [2.45, 2.75) is 26.7 Å². The fourth-order valence-electron chi connectivity index (χ4n) is 2.61. The number of ether oxygens (including phenoxy) is 1. The van der Waals surface area contributed by atoms with Gasteiger partial charge in [0, 0.05) is 12.2 Å². The zero-order valence-electron chi connectivity index (χ0n) is 12.3. The molecule has 0 radical (unpaired) electrons. The van der Waals surface area contributed by atoms with Crippen LogP contribution in [-0.2, 0) is 6.42 Å². The zero-order chi connectivity index (χ0) is 14.8. The van der Waals surface area contributed by atoms with E-state index in [0.717, 1.165) is 25.1 Å². The van der Waals surface area contributed by atoms with Gasteiger partial charge in [0.1, 0.15) is 0 Å². The summed E-state index contributed by atoms with van der Waals surface area (Å²) in [7, 11) is 0. The lowest BCUT2D eigenvalue weighted by Gasteiger charge is -2.29. The predicted octanol–water partition coefficient (Wildman–Crippen LogP) is 2.25. The highest BCUT2D eigenvalue weighted by Gasteiger charge is 2.21. The quantitative estimate of drug-likeness (QED) is 0.932. The van der Waals surface area contributed by atoms with Crippen molar-refractivity contribution in [3.63, 3.8) is 0 Å². The van der Waals surface area contributed by atoms with E-state index in [4.69, 9.17) is 10.5 Å². The van der Waals surface area contributed by atoms with Gasteiger partial charge in [0.2, 0.25) is 11.9 Å². The molecule has 0 bridgehead atoms. The van der Waals surface area contributed by atoms with Crippen LogP contribution in [0.25, 0.3) is 0 Å². The normalized spacial score (nSPS) is 13.9. The Morgan fingerprint density at radius 1 is 1.29 bits per heavy atom. The number of anilines is 3. The van der Waals surface area contributed by atoms with Crippen LogP contribution in [0.3, 0.4) is 0 Å². The van der Waals surface area contributed by atoms with Crippen molar-refractivity contribution in [3.8, 4) is 6.01 Å². The fourth-order valence-corrected chi connectivity index (χ4v) is 2.61. The number of nitrogen functional groups attached to an aromatic ring is 1. The second kappa shape index (κ2) is 5.55. The van der Waals surface area contributed by atoms with Gasteiger partial charge in [-0.2, -0.15) is 15.0 Å². The Hall–Kier alpha value is -2.37. The van der Waals surface area contributed by atoms with Crippen LogP contribution in [0.4, 0.5) is 17.6 Å². The van der Waals surface area contributed by atoms with Crippen LogP contribution in [0.5, 0.6) is 6.01 Å². The van der Waals surface area contributed by atoms with E-state index < -0.39 is 0 Å². The van der Waals surface area contributed by atoms with Gasteiger partial charge in [-0.05, 0) is 38.3 Å². The van der Waals surface area contributed by atoms with Crippen molar-refractivity contribution < 1.29 is 4.74 Å². The number of hydrogen-bond acceptors (Lipinski definition) is 6. The molecule has 0 aliphatic carbocycles.